The van der Waals surface area contributed by atoms with Gasteiger partial charge in [0.05, 0.1) is 26.4 Å². The molecule has 0 fully saturated rings. The van der Waals surface area contributed by atoms with Gasteiger partial charge in [-0.05, 0) is 51.4 Å². The van der Waals surface area contributed by atoms with Gasteiger partial charge in [0.1, 0.15) is 19.3 Å². The minimum atomic E-state index is -4.95. The van der Waals surface area contributed by atoms with Gasteiger partial charge in [-0.25, -0.2) is 9.13 Å². The van der Waals surface area contributed by atoms with Gasteiger partial charge in [-0.2, -0.15) is 0 Å². The minimum absolute atomic E-state index is 0.0851. The van der Waals surface area contributed by atoms with Crippen molar-refractivity contribution in [2.45, 2.75) is 296 Å². The smallest absolute Gasteiger partial charge is 0.462 e. The van der Waals surface area contributed by atoms with E-state index in [-0.39, 0.29) is 25.7 Å². The zero-order chi connectivity index (χ0) is 58.3. The van der Waals surface area contributed by atoms with Crippen LogP contribution in [-0.2, 0) is 65.4 Å². The Kier molecular flexibility index (Phi) is 53.1. The molecule has 19 heteroatoms. The van der Waals surface area contributed by atoms with E-state index in [1.165, 1.54) is 89.9 Å². The Morgan fingerprint density at radius 3 is 0.924 bits per heavy atom. The second kappa shape index (κ2) is 54.8. The molecule has 2 unspecified atom stereocenters. The molecular formula is C60H112O17P2. The van der Waals surface area contributed by atoms with Crippen LogP contribution in [0.1, 0.15) is 278 Å². The summed E-state index contributed by atoms with van der Waals surface area (Å²) in [5, 5.41) is 10.5. The van der Waals surface area contributed by atoms with E-state index < -0.39 is 97.5 Å². The largest absolute Gasteiger partial charge is 0.472 e. The topological polar surface area (TPSA) is 237 Å². The van der Waals surface area contributed by atoms with Gasteiger partial charge in [0.25, 0.3) is 0 Å². The van der Waals surface area contributed by atoms with Crippen molar-refractivity contribution in [3.05, 3.63) is 24.3 Å². The van der Waals surface area contributed by atoms with E-state index in [1.807, 2.05) is 0 Å². The Morgan fingerprint density at radius 2 is 0.608 bits per heavy atom. The molecule has 0 aromatic heterocycles. The van der Waals surface area contributed by atoms with Crippen molar-refractivity contribution in [1.82, 2.24) is 0 Å². The number of carbonyl (C=O) groups excluding carboxylic acids is 4. The monoisotopic (exact) mass is 1170 g/mol. The second-order valence-electron chi connectivity index (χ2n) is 21.1. The normalized spacial score (nSPS) is 14.5. The van der Waals surface area contributed by atoms with Crippen molar-refractivity contribution < 1.29 is 80.2 Å². The number of rotatable bonds is 59. The molecule has 464 valence electrons. The predicted molar refractivity (Wildman–Crippen MR) is 312 cm³/mol. The van der Waals surface area contributed by atoms with Crippen molar-refractivity contribution in [1.29, 1.82) is 0 Å². The van der Waals surface area contributed by atoms with Crippen LogP contribution >= 0.6 is 15.6 Å². The van der Waals surface area contributed by atoms with Crippen LogP contribution in [0.5, 0.6) is 0 Å². The van der Waals surface area contributed by atoms with Crippen molar-refractivity contribution in [2.75, 3.05) is 39.6 Å². The molecule has 0 rings (SSSR count). The first kappa shape index (κ1) is 76.5. The van der Waals surface area contributed by atoms with Gasteiger partial charge < -0.3 is 33.8 Å². The van der Waals surface area contributed by atoms with E-state index in [2.05, 4.69) is 52.0 Å². The Bertz CT molecular complexity index is 1630. The lowest BCUT2D eigenvalue weighted by Gasteiger charge is -2.21. The zero-order valence-corrected chi connectivity index (χ0v) is 51.6. The maximum Gasteiger partial charge on any atom is 0.472 e. The summed E-state index contributed by atoms with van der Waals surface area (Å²) in [5.74, 6) is -2.18. The number of allylic oxidation sites excluding steroid dienone is 4. The van der Waals surface area contributed by atoms with Gasteiger partial charge in [-0.1, -0.05) is 225 Å². The quantitative estimate of drug-likeness (QED) is 0.0169. The maximum atomic E-state index is 12.9. The highest BCUT2D eigenvalue weighted by Crippen LogP contribution is 2.45. The molecule has 0 amide bonds. The molecule has 5 atom stereocenters. The Balaban J connectivity index is 5.20. The van der Waals surface area contributed by atoms with Crippen LogP contribution in [0, 0.1) is 0 Å². The fourth-order valence-corrected chi connectivity index (χ4v) is 9.97. The van der Waals surface area contributed by atoms with Crippen LogP contribution in [0.4, 0.5) is 0 Å². The van der Waals surface area contributed by atoms with Crippen LogP contribution in [0.25, 0.3) is 0 Å². The number of aliphatic hydroxyl groups excluding tert-OH is 1. The van der Waals surface area contributed by atoms with Crippen molar-refractivity contribution in [3.63, 3.8) is 0 Å². The van der Waals surface area contributed by atoms with Gasteiger partial charge in [0.2, 0.25) is 0 Å². The van der Waals surface area contributed by atoms with E-state index in [0.717, 1.165) is 109 Å². The number of hydrogen-bond donors (Lipinski definition) is 3. The minimum Gasteiger partial charge on any atom is -0.462 e. The number of ether oxygens (including phenoxy) is 4. The first-order valence-corrected chi connectivity index (χ1v) is 34.1. The number of carbonyl (C=O) groups is 4. The molecule has 0 heterocycles. The number of unbranched alkanes of at least 4 members (excludes halogenated alkanes) is 30. The molecule has 0 radical (unpaired) electrons. The van der Waals surface area contributed by atoms with Gasteiger partial charge in [0.15, 0.2) is 12.2 Å². The third kappa shape index (κ3) is 54.5. The summed E-state index contributed by atoms with van der Waals surface area (Å²) >= 11 is 0. The van der Waals surface area contributed by atoms with Crippen molar-refractivity contribution in [3.8, 4) is 0 Å². The summed E-state index contributed by atoms with van der Waals surface area (Å²) in [7, 11) is -9.88. The van der Waals surface area contributed by atoms with E-state index >= 15 is 0 Å². The standard InChI is InChI=1S/C60H112O17P2/c1-5-9-13-17-20-23-25-26-27-28-29-32-35-39-43-47-60(65)77-56(51-71-58(63)45-41-37-33-31-24-21-18-14-10-6-2)53-75-79(68,69)73-49-54(61)48-72-78(66,67)74-52-55(50-70-57(62)44-40-36-16-12-8-4)76-59(64)46-42-38-34-30-22-19-15-11-7-3/h23,25-27,54-56,61H,5-22,24,28-53H2,1-4H3,(H,66,67)(H,68,69)/b25-23-,27-26-/t54-,55+,56+/m0/s1. The molecule has 0 bridgehead atoms. The predicted octanol–water partition coefficient (Wildman–Crippen LogP) is 15.9. The Morgan fingerprint density at radius 1 is 0.354 bits per heavy atom. The van der Waals surface area contributed by atoms with E-state index in [4.69, 9.17) is 37.0 Å². The Labute approximate surface area is 478 Å². The molecule has 0 spiro atoms. The number of hydrogen-bond acceptors (Lipinski definition) is 15. The SMILES string of the molecule is CCCCCC/C=C\C=C/CCCCCCCC(=O)O[C@H](COC(=O)CCCCCCCCCCCC)COP(=O)(O)OC[C@@H](O)COP(=O)(O)OC[C@@H](COC(=O)CCCCCCC)OC(=O)CCCCCCCCCCC. The van der Waals surface area contributed by atoms with E-state index in [0.29, 0.717) is 25.7 Å². The van der Waals surface area contributed by atoms with Gasteiger partial charge in [-0.15, -0.1) is 0 Å². The highest BCUT2D eigenvalue weighted by molar-refractivity contribution is 7.47. The van der Waals surface area contributed by atoms with Crippen LogP contribution in [-0.4, -0.2) is 96.7 Å². The summed E-state index contributed by atoms with van der Waals surface area (Å²) in [6.07, 6.45) is 41.5. The number of esters is 4. The Hall–Kier alpha value is -2.46. The number of aliphatic hydroxyl groups is 1. The molecule has 0 saturated heterocycles. The first-order chi connectivity index (χ1) is 38.2. The fraction of sp³-hybridized carbons (Fsp3) is 0.867. The fourth-order valence-electron chi connectivity index (χ4n) is 8.39. The molecule has 3 N–H and O–H groups in total. The van der Waals surface area contributed by atoms with Gasteiger partial charge in [-0.3, -0.25) is 37.3 Å². The van der Waals surface area contributed by atoms with E-state index in [1.54, 1.807) is 0 Å². The summed E-state index contributed by atoms with van der Waals surface area (Å²) < 4.78 is 67.5. The summed E-state index contributed by atoms with van der Waals surface area (Å²) in [5.41, 5.74) is 0. The maximum absolute atomic E-state index is 12.9. The third-order valence-electron chi connectivity index (χ3n) is 13.2. The average molecular weight is 1170 g/mol. The lowest BCUT2D eigenvalue weighted by Crippen LogP contribution is -2.30. The summed E-state index contributed by atoms with van der Waals surface area (Å²) in [4.78, 5) is 71.7. The number of phosphoric ester groups is 2. The van der Waals surface area contributed by atoms with Crippen molar-refractivity contribution in [2.24, 2.45) is 0 Å². The average Bonchev–Trinajstić information content (AvgIpc) is 3.42. The highest BCUT2D eigenvalue weighted by atomic mass is 31.2. The molecule has 0 saturated carbocycles. The number of phosphoric acid groups is 2. The molecule has 0 aromatic rings. The highest BCUT2D eigenvalue weighted by Gasteiger charge is 2.30. The van der Waals surface area contributed by atoms with Crippen LogP contribution in [0.3, 0.4) is 0 Å². The second-order valence-corrected chi connectivity index (χ2v) is 24.0. The first-order valence-electron chi connectivity index (χ1n) is 31.1. The van der Waals surface area contributed by atoms with Gasteiger partial charge >= 0.3 is 39.5 Å². The third-order valence-corrected chi connectivity index (χ3v) is 15.1. The molecule has 0 aromatic carbocycles. The zero-order valence-electron chi connectivity index (χ0n) is 49.8. The van der Waals surface area contributed by atoms with Crippen molar-refractivity contribution >= 4 is 39.5 Å². The van der Waals surface area contributed by atoms with Crippen LogP contribution < -0.4 is 0 Å². The summed E-state index contributed by atoms with van der Waals surface area (Å²) in [6, 6.07) is 0. The van der Waals surface area contributed by atoms with Crippen LogP contribution in [0.15, 0.2) is 24.3 Å². The molecule has 0 aliphatic rings. The van der Waals surface area contributed by atoms with Gasteiger partial charge in [0, 0.05) is 25.7 Å². The lowest BCUT2D eigenvalue weighted by molar-refractivity contribution is -0.161. The summed E-state index contributed by atoms with van der Waals surface area (Å²) in [6.45, 7) is 4.68. The molecule has 0 aliphatic carbocycles. The molecular weight excluding hydrogens is 1050 g/mol. The lowest BCUT2D eigenvalue weighted by atomic mass is 10.1. The molecule has 79 heavy (non-hydrogen) atoms. The molecule has 0 aliphatic heterocycles. The van der Waals surface area contributed by atoms with Crippen LogP contribution in [0.2, 0.25) is 0 Å². The molecule has 17 nitrogen and oxygen atoms in total. The van der Waals surface area contributed by atoms with E-state index in [9.17, 15) is 43.2 Å².